The molecule has 0 spiro atoms. The minimum Gasteiger partial charge on any atom is -0.495 e. The third-order valence-electron chi connectivity index (χ3n) is 14.1. The SMILES string of the molecule is CNc1nc(Nc2ccc(C(=O)N3CCN(CC4CCC(CSC(C)(C)[C@H](NC(=O)C5(F)CC5)C(=O)N5C[C@@H](O)CC5C(=O)NCc5ccc(-c6scnc6C)cc5)CC4)CC3)cc2OC)ncc1Cl. The number of nitrogens with zero attached hydrogens (tertiary/aromatic N) is 6. The Bertz CT molecular complexity index is 2510. The van der Waals surface area contributed by atoms with Crippen LogP contribution in [-0.2, 0) is 20.9 Å². The summed E-state index contributed by atoms with van der Waals surface area (Å²) in [6, 6.07) is 11.1. The van der Waals surface area contributed by atoms with Gasteiger partial charge < -0.3 is 40.9 Å². The molecule has 2 aromatic carbocycles. The molecular weight excluding hydrogens is 955 g/mol. The Morgan fingerprint density at radius 1 is 1.03 bits per heavy atom. The summed E-state index contributed by atoms with van der Waals surface area (Å²) in [5.74, 6) is 1.24. The minimum absolute atomic E-state index is 0.0505. The van der Waals surface area contributed by atoms with Crippen molar-refractivity contribution in [3.63, 3.8) is 0 Å². The Labute approximate surface area is 422 Å². The van der Waals surface area contributed by atoms with E-state index in [4.69, 9.17) is 16.3 Å². The third kappa shape index (κ3) is 12.1. The molecule has 4 aromatic rings. The molecule has 8 rings (SSSR count). The van der Waals surface area contributed by atoms with E-state index < -0.39 is 46.3 Å². The molecular formula is C50H64ClFN10O6S2. The lowest BCUT2D eigenvalue weighted by Gasteiger charge is -2.40. The lowest BCUT2D eigenvalue weighted by Crippen LogP contribution is -2.61. The number of piperazine rings is 1. The Balaban J connectivity index is 0.808. The lowest BCUT2D eigenvalue weighted by molar-refractivity contribution is -0.143. The number of likely N-dealkylation sites (tertiary alicyclic amines) is 1. The Hall–Kier alpha value is -5.08. The molecule has 2 saturated heterocycles. The molecule has 5 N–H and O–H groups in total. The number of β-amino-alcohol motifs (C(OH)–C–C–N with tert-alkyl or cyclic N) is 1. The molecule has 20 heteroatoms. The maximum atomic E-state index is 15.2. The first-order valence-electron chi connectivity index (χ1n) is 24.1. The molecule has 16 nitrogen and oxygen atoms in total. The zero-order valence-corrected chi connectivity index (χ0v) is 42.8. The van der Waals surface area contributed by atoms with Crippen LogP contribution in [0.5, 0.6) is 5.75 Å². The van der Waals surface area contributed by atoms with E-state index in [0.29, 0.717) is 58.7 Å². The highest BCUT2D eigenvalue weighted by molar-refractivity contribution is 8.00. The Morgan fingerprint density at radius 3 is 2.40 bits per heavy atom. The number of thioether (sulfide) groups is 1. The molecule has 4 fully saturated rings. The highest BCUT2D eigenvalue weighted by Gasteiger charge is 2.54. The van der Waals surface area contributed by atoms with Crippen LogP contribution >= 0.6 is 34.7 Å². The molecule has 3 atom stereocenters. The lowest BCUT2D eigenvalue weighted by atomic mass is 9.82. The molecule has 2 aliphatic carbocycles. The van der Waals surface area contributed by atoms with Crippen LogP contribution in [0, 0.1) is 18.8 Å². The Kier molecular flexibility index (Phi) is 16.2. The van der Waals surface area contributed by atoms with Crippen LogP contribution in [0.4, 0.5) is 21.8 Å². The van der Waals surface area contributed by atoms with Crippen LogP contribution in [0.3, 0.4) is 0 Å². The highest BCUT2D eigenvalue weighted by Crippen LogP contribution is 2.42. The number of rotatable bonds is 18. The second kappa shape index (κ2) is 22.1. The van der Waals surface area contributed by atoms with Gasteiger partial charge in [0.1, 0.15) is 28.7 Å². The van der Waals surface area contributed by atoms with E-state index in [1.807, 2.05) is 55.4 Å². The van der Waals surface area contributed by atoms with Gasteiger partial charge in [-0.25, -0.2) is 14.4 Å². The summed E-state index contributed by atoms with van der Waals surface area (Å²) in [5.41, 5.74) is 3.84. The summed E-state index contributed by atoms with van der Waals surface area (Å²) in [6.45, 7) is 9.71. The van der Waals surface area contributed by atoms with Gasteiger partial charge in [0.15, 0.2) is 5.67 Å². The molecule has 70 heavy (non-hydrogen) atoms. The van der Waals surface area contributed by atoms with Gasteiger partial charge in [-0.2, -0.15) is 16.7 Å². The number of alkyl halides is 1. The van der Waals surface area contributed by atoms with Crippen LogP contribution in [-0.4, -0.2) is 146 Å². The molecule has 376 valence electrons. The number of hydrogen-bond acceptors (Lipinski definition) is 14. The van der Waals surface area contributed by atoms with E-state index in [2.05, 4.69) is 41.1 Å². The summed E-state index contributed by atoms with van der Waals surface area (Å²) in [5, 5.41) is 23.0. The Morgan fingerprint density at radius 2 is 1.74 bits per heavy atom. The number of amides is 4. The molecule has 0 bridgehead atoms. The third-order valence-corrected chi connectivity index (χ3v) is 17.0. The number of carbonyl (C=O) groups excluding carboxylic acids is 4. The number of aliphatic hydroxyl groups excluding tert-OH is 1. The van der Waals surface area contributed by atoms with Crippen molar-refractivity contribution < 1.29 is 33.4 Å². The van der Waals surface area contributed by atoms with Crippen molar-refractivity contribution in [2.75, 3.05) is 69.8 Å². The fourth-order valence-electron chi connectivity index (χ4n) is 9.59. The first-order chi connectivity index (χ1) is 33.5. The van der Waals surface area contributed by atoms with Crippen molar-refractivity contribution in [3.8, 4) is 16.2 Å². The second-order valence-corrected chi connectivity index (χ2v) is 22.5. The molecule has 2 saturated carbocycles. The van der Waals surface area contributed by atoms with E-state index in [9.17, 15) is 24.3 Å². The number of carbonyl (C=O) groups is 4. The monoisotopic (exact) mass is 1020 g/mol. The first-order valence-corrected chi connectivity index (χ1v) is 26.3. The van der Waals surface area contributed by atoms with Gasteiger partial charge in [-0.3, -0.25) is 24.1 Å². The maximum absolute atomic E-state index is 15.2. The number of thiazole rings is 1. The smallest absolute Gasteiger partial charge is 0.258 e. The van der Waals surface area contributed by atoms with Gasteiger partial charge in [0.25, 0.3) is 11.8 Å². The number of halogens is 2. The molecule has 1 unspecified atom stereocenters. The van der Waals surface area contributed by atoms with E-state index in [-0.39, 0.29) is 38.3 Å². The average molecular weight is 1020 g/mol. The number of aryl methyl sites for hydroxylation is 1. The molecule has 2 aliphatic heterocycles. The number of hydrogen-bond donors (Lipinski definition) is 5. The van der Waals surface area contributed by atoms with Crippen molar-refractivity contribution in [3.05, 3.63) is 76.0 Å². The molecule has 4 aliphatic rings. The van der Waals surface area contributed by atoms with Crippen molar-refractivity contribution in [2.45, 2.75) is 101 Å². The summed E-state index contributed by atoms with van der Waals surface area (Å²) in [7, 11) is 3.28. The first kappa shape index (κ1) is 51.3. The maximum Gasteiger partial charge on any atom is 0.258 e. The van der Waals surface area contributed by atoms with E-state index in [1.54, 1.807) is 55.5 Å². The number of ether oxygens (including phenoxy) is 1. The number of methoxy groups -OCH3 is 1. The van der Waals surface area contributed by atoms with Gasteiger partial charge in [-0.1, -0.05) is 35.9 Å². The van der Waals surface area contributed by atoms with Crippen LogP contribution < -0.4 is 26.0 Å². The van der Waals surface area contributed by atoms with Crippen LogP contribution in [0.2, 0.25) is 5.02 Å². The highest BCUT2D eigenvalue weighted by atomic mass is 35.5. The number of benzene rings is 2. The van der Waals surface area contributed by atoms with Crippen molar-refractivity contribution in [1.82, 2.24) is 40.3 Å². The van der Waals surface area contributed by atoms with E-state index >= 15 is 4.39 Å². The van der Waals surface area contributed by atoms with Gasteiger partial charge >= 0.3 is 0 Å². The van der Waals surface area contributed by atoms with E-state index in [0.717, 1.165) is 72.8 Å². The number of anilines is 3. The number of nitrogens with one attached hydrogen (secondary N) is 4. The number of aliphatic hydroxyl groups is 1. The van der Waals surface area contributed by atoms with Crippen molar-refractivity contribution in [1.29, 1.82) is 0 Å². The van der Waals surface area contributed by atoms with Crippen LogP contribution in [0.15, 0.2) is 54.2 Å². The van der Waals surface area contributed by atoms with Gasteiger partial charge in [0.05, 0.1) is 41.2 Å². The van der Waals surface area contributed by atoms with Crippen LogP contribution in [0.25, 0.3) is 10.4 Å². The molecule has 4 heterocycles. The number of aromatic nitrogens is 3. The summed E-state index contributed by atoms with van der Waals surface area (Å²) in [6.07, 6.45) is 5.01. The van der Waals surface area contributed by atoms with Gasteiger partial charge in [-0.05, 0) is 106 Å². The summed E-state index contributed by atoms with van der Waals surface area (Å²) >= 11 is 9.30. The minimum atomic E-state index is -2.00. The van der Waals surface area contributed by atoms with Gasteiger partial charge in [0.2, 0.25) is 17.8 Å². The quantitative estimate of drug-likeness (QED) is 0.0708. The normalized spacial score (nSPS) is 21.7. The summed E-state index contributed by atoms with van der Waals surface area (Å²) in [4.78, 5) is 74.9. The zero-order valence-electron chi connectivity index (χ0n) is 40.4. The van der Waals surface area contributed by atoms with Crippen molar-refractivity contribution in [2.24, 2.45) is 11.8 Å². The predicted octanol–water partition coefficient (Wildman–Crippen LogP) is 6.70. The fraction of sp³-hybridized carbons (Fsp3) is 0.540. The van der Waals surface area contributed by atoms with Gasteiger partial charge in [0, 0.05) is 69.6 Å². The van der Waals surface area contributed by atoms with Gasteiger partial charge in [-0.15, -0.1) is 11.3 Å². The molecule has 0 radical (unpaired) electrons. The topological polar surface area (TPSA) is 194 Å². The van der Waals surface area contributed by atoms with Crippen LogP contribution in [0.1, 0.15) is 80.4 Å². The zero-order chi connectivity index (χ0) is 49.7. The van der Waals surface area contributed by atoms with E-state index in [1.165, 1.54) is 11.1 Å². The molecule has 2 aromatic heterocycles. The fourth-order valence-corrected chi connectivity index (χ4v) is 11.9. The summed E-state index contributed by atoms with van der Waals surface area (Å²) < 4.78 is 19.9. The second-order valence-electron chi connectivity index (χ2n) is 19.5. The standard InChI is InChI=1S/C50H64ClFN10O6S2/c1-30-41(69-29-56-30)34-12-10-31(11-13-34)24-54-44(64)39-23-36(63)27-62(39)46(66)42(58-47(67)50(52)16-17-50)49(2,3)70-28-33-8-6-32(7-9-33)26-60-18-20-61(21-19-60)45(65)35-14-15-38(40(22-35)68-5)57-48-55-25-37(51)43(53-4)59-48/h10-15,22,25,29,32-33,36,39,42,63H,6-9,16-21,23-24,26-28H2,1-5H3,(H,54,64)(H,58,67)(H2,53,55,57,59)/t32?,33?,36-,39?,42+/m0/s1. The molecule has 4 amide bonds. The average Bonchev–Trinajstić information content (AvgIpc) is 3.77. The van der Waals surface area contributed by atoms with Crippen molar-refractivity contribution >= 4 is 75.8 Å². The predicted molar refractivity (Wildman–Crippen MR) is 272 cm³/mol. The largest absolute Gasteiger partial charge is 0.495 e.